The van der Waals surface area contributed by atoms with Gasteiger partial charge in [-0.1, -0.05) is 6.07 Å². The van der Waals surface area contributed by atoms with Crippen LogP contribution in [-0.4, -0.2) is 16.3 Å². The van der Waals surface area contributed by atoms with Crippen molar-refractivity contribution in [3.05, 3.63) is 36.0 Å². The summed E-state index contributed by atoms with van der Waals surface area (Å²) in [5.41, 5.74) is 9.84. The molecule has 0 aliphatic heterocycles. The number of nitrogens with zero attached hydrogens (tertiary/aromatic N) is 1. The first kappa shape index (κ1) is 9.67. The maximum atomic E-state index is 5.23. The third kappa shape index (κ3) is 2.32. The van der Waals surface area contributed by atoms with E-state index in [-0.39, 0.29) is 5.11 Å². The van der Waals surface area contributed by atoms with Crippen LogP contribution >= 0.6 is 12.2 Å². The van der Waals surface area contributed by atoms with Crippen LogP contribution in [0.4, 0.5) is 0 Å². The summed E-state index contributed by atoms with van der Waals surface area (Å²) in [6, 6.07) is 7.99. The van der Waals surface area contributed by atoms with Crippen LogP contribution in [0.2, 0.25) is 0 Å². The molecule has 5 heteroatoms. The lowest BCUT2D eigenvalue weighted by atomic mass is 10.2. The third-order valence-corrected chi connectivity index (χ3v) is 2.06. The Hall–Kier alpha value is -1.88. The molecule has 4 N–H and O–H groups in total. The van der Waals surface area contributed by atoms with E-state index in [1.165, 1.54) is 0 Å². The predicted octanol–water partition coefficient (Wildman–Crippen LogP) is 1.34. The number of thiocarbonyl (C=S) groups is 1. The summed E-state index contributed by atoms with van der Waals surface area (Å²) in [6.07, 6.45) is 3.57. The number of fused-ring (bicyclic) bond motifs is 1. The van der Waals surface area contributed by atoms with Crippen LogP contribution in [0, 0.1) is 0 Å². The van der Waals surface area contributed by atoms with Crippen LogP contribution in [0.25, 0.3) is 10.9 Å². The fourth-order valence-electron chi connectivity index (χ4n) is 1.32. The minimum atomic E-state index is 0.161. The second-order valence-corrected chi connectivity index (χ2v) is 3.50. The summed E-state index contributed by atoms with van der Waals surface area (Å²) >= 11 is 4.62. The zero-order chi connectivity index (χ0) is 10.7. The molecule has 0 amide bonds. The van der Waals surface area contributed by atoms with E-state index in [1.807, 2.05) is 30.5 Å². The second kappa shape index (κ2) is 4.10. The van der Waals surface area contributed by atoms with E-state index in [4.69, 9.17) is 5.73 Å². The van der Waals surface area contributed by atoms with Gasteiger partial charge in [0.05, 0.1) is 6.21 Å². The normalized spacial score (nSPS) is 10.9. The highest BCUT2D eigenvalue weighted by molar-refractivity contribution is 7.80. The molecular weight excluding hydrogens is 208 g/mol. The maximum absolute atomic E-state index is 5.23. The monoisotopic (exact) mass is 218 g/mol. The Morgan fingerprint density at radius 3 is 3.13 bits per heavy atom. The van der Waals surface area contributed by atoms with Crippen molar-refractivity contribution in [3.63, 3.8) is 0 Å². The molecule has 4 nitrogen and oxygen atoms in total. The van der Waals surface area contributed by atoms with Crippen molar-refractivity contribution in [2.24, 2.45) is 10.8 Å². The van der Waals surface area contributed by atoms with Crippen molar-refractivity contribution in [1.82, 2.24) is 10.4 Å². The number of benzene rings is 1. The molecule has 0 aliphatic rings. The molecule has 0 spiro atoms. The summed E-state index contributed by atoms with van der Waals surface area (Å²) in [7, 11) is 0. The summed E-state index contributed by atoms with van der Waals surface area (Å²) in [4.78, 5) is 3.12. The highest BCUT2D eigenvalue weighted by atomic mass is 32.1. The van der Waals surface area contributed by atoms with E-state index in [0.29, 0.717) is 0 Å². The zero-order valence-electron chi connectivity index (χ0n) is 7.90. The van der Waals surface area contributed by atoms with E-state index in [0.717, 1.165) is 16.5 Å². The smallest absolute Gasteiger partial charge is 0.184 e. The van der Waals surface area contributed by atoms with Crippen LogP contribution in [0.15, 0.2) is 35.6 Å². The van der Waals surface area contributed by atoms with Gasteiger partial charge in [-0.3, -0.25) is 5.43 Å². The van der Waals surface area contributed by atoms with E-state index in [2.05, 4.69) is 27.7 Å². The lowest BCUT2D eigenvalue weighted by Gasteiger charge is -1.95. The van der Waals surface area contributed by atoms with E-state index in [1.54, 1.807) is 6.21 Å². The van der Waals surface area contributed by atoms with Crippen LogP contribution in [0.5, 0.6) is 0 Å². The van der Waals surface area contributed by atoms with Crippen LogP contribution in [-0.2, 0) is 0 Å². The summed E-state index contributed by atoms with van der Waals surface area (Å²) in [5, 5.41) is 5.19. The number of rotatable bonds is 2. The lowest BCUT2D eigenvalue weighted by Crippen LogP contribution is -2.23. The highest BCUT2D eigenvalue weighted by Crippen LogP contribution is 2.12. The topological polar surface area (TPSA) is 66.2 Å². The van der Waals surface area contributed by atoms with Gasteiger partial charge in [-0.15, -0.1) is 0 Å². The fraction of sp³-hybridized carbons (Fsp3) is 0. The number of nitrogens with one attached hydrogen (secondary N) is 2. The Labute approximate surface area is 92.2 Å². The summed E-state index contributed by atoms with van der Waals surface area (Å²) < 4.78 is 0. The number of aromatic amines is 1. The van der Waals surface area contributed by atoms with Crippen LogP contribution in [0.1, 0.15) is 5.56 Å². The standard InChI is InChI=1S/C10H10N4S/c11-10(15)14-13-6-7-1-2-9-8(5-7)3-4-12-9/h1-6,12H,(H3,11,14,15)/b13-6+. The average molecular weight is 218 g/mol. The Balaban J connectivity index is 2.21. The molecular formula is C10H10N4S. The largest absolute Gasteiger partial charge is 0.375 e. The molecule has 1 heterocycles. The molecule has 0 saturated carbocycles. The minimum Gasteiger partial charge on any atom is -0.375 e. The fourth-order valence-corrected chi connectivity index (χ4v) is 1.38. The van der Waals surface area contributed by atoms with Crippen molar-refractivity contribution < 1.29 is 0 Å². The molecule has 0 aliphatic carbocycles. The second-order valence-electron chi connectivity index (χ2n) is 3.06. The number of aromatic nitrogens is 1. The van der Waals surface area contributed by atoms with Gasteiger partial charge in [0.2, 0.25) is 0 Å². The molecule has 0 radical (unpaired) electrons. The third-order valence-electron chi connectivity index (χ3n) is 1.97. The van der Waals surface area contributed by atoms with Crippen LogP contribution < -0.4 is 11.2 Å². The van der Waals surface area contributed by atoms with Crippen LogP contribution in [0.3, 0.4) is 0 Å². The molecule has 0 atom stereocenters. The van der Waals surface area contributed by atoms with E-state index in [9.17, 15) is 0 Å². The number of hydrogen-bond donors (Lipinski definition) is 3. The van der Waals surface area contributed by atoms with Gasteiger partial charge in [-0.05, 0) is 41.4 Å². The molecule has 1 aromatic heterocycles. The van der Waals surface area contributed by atoms with Gasteiger partial charge in [0.15, 0.2) is 5.11 Å². The molecule has 76 valence electrons. The lowest BCUT2D eigenvalue weighted by molar-refractivity contribution is 1.04. The molecule has 0 saturated heterocycles. The molecule has 1 aromatic carbocycles. The maximum Gasteiger partial charge on any atom is 0.184 e. The van der Waals surface area contributed by atoms with Gasteiger partial charge < -0.3 is 10.7 Å². The summed E-state index contributed by atoms with van der Waals surface area (Å²) in [5.74, 6) is 0. The number of hydrazone groups is 1. The first-order chi connectivity index (χ1) is 7.25. The highest BCUT2D eigenvalue weighted by Gasteiger charge is 1.94. The van der Waals surface area contributed by atoms with Crippen molar-refractivity contribution >= 4 is 34.4 Å². The Bertz CT molecular complexity index is 515. The van der Waals surface area contributed by atoms with Crippen molar-refractivity contribution in [1.29, 1.82) is 0 Å². The Morgan fingerprint density at radius 1 is 1.47 bits per heavy atom. The quantitative estimate of drug-likeness (QED) is 0.405. The minimum absolute atomic E-state index is 0.161. The SMILES string of the molecule is NC(=S)N/N=C/c1ccc2[nH]ccc2c1. The molecule has 0 unspecified atom stereocenters. The first-order valence-corrected chi connectivity index (χ1v) is 4.82. The molecule has 2 rings (SSSR count). The molecule has 2 aromatic rings. The Morgan fingerprint density at radius 2 is 2.33 bits per heavy atom. The van der Waals surface area contributed by atoms with Crippen molar-refractivity contribution in [3.8, 4) is 0 Å². The molecule has 15 heavy (non-hydrogen) atoms. The zero-order valence-corrected chi connectivity index (χ0v) is 8.71. The summed E-state index contributed by atoms with van der Waals surface area (Å²) in [6.45, 7) is 0. The Kier molecular flexibility index (Phi) is 2.64. The molecule has 0 fully saturated rings. The van der Waals surface area contributed by atoms with Crippen molar-refractivity contribution in [2.75, 3.05) is 0 Å². The first-order valence-electron chi connectivity index (χ1n) is 4.41. The molecule has 0 bridgehead atoms. The predicted molar refractivity (Wildman–Crippen MR) is 65.8 cm³/mol. The van der Waals surface area contributed by atoms with Gasteiger partial charge in [0.25, 0.3) is 0 Å². The number of hydrogen-bond acceptors (Lipinski definition) is 2. The van der Waals surface area contributed by atoms with Gasteiger partial charge in [-0.25, -0.2) is 0 Å². The number of H-pyrrole nitrogens is 1. The van der Waals surface area contributed by atoms with Gasteiger partial charge in [0.1, 0.15) is 0 Å². The van der Waals surface area contributed by atoms with Gasteiger partial charge in [0, 0.05) is 11.7 Å². The average Bonchev–Trinajstić information content (AvgIpc) is 2.64. The van der Waals surface area contributed by atoms with Gasteiger partial charge in [-0.2, -0.15) is 5.10 Å². The van der Waals surface area contributed by atoms with Crippen molar-refractivity contribution in [2.45, 2.75) is 0 Å². The van der Waals surface area contributed by atoms with Gasteiger partial charge >= 0.3 is 0 Å². The number of nitrogens with two attached hydrogens (primary N) is 1. The van der Waals surface area contributed by atoms with E-state index >= 15 is 0 Å². The van der Waals surface area contributed by atoms with E-state index < -0.39 is 0 Å².